The van der Waals surface area contributed by atoms with Crippen LogP contribution in [0.2, 0.25) is 0 Å². The zero-order chi connectivity index (χ0) is 17.1. The molecule has 2 bridgehead atoms. The lowest BCUT2D eigenvalue weighted by atomic mass is 9.90. The Morgan fingerprint density at radius 3 is 2.62 bits per heavy atom. The van der Waals surface area contributed by atoms with E-state index in [-0.39, 0.29) is 6.04 Å². The molecule has 0 aromatic heterocycles. The smallest absolute Gasteiger partial charge is 0.188 e. The third kappa shape index (κ3) is 2.50. The summed E-state index contributed by atoms with van der Waals surface area (Å²) in [7, 11) is 0. The molecule has 2 aromatic rings. The highest BCUT2D eigenvalue weighted by Gasteiger charge is 2.48. The quantitative estimate of drug-likeness (QED) is 0.678. The molecule has 2 heterocycles. The molecule has 2 atom stereocenters. The second-order valence-electron chi connectivity index (χ2n) is 6.85. The molecule has 0 amide bonds. The number of fused-ring (bicyclic) bond motifs is 4. The van der Waals surface area contributed by atoms with Crippen LogP contribution in [0.3, 0.4) is 0 Å². The van der Waals surface area contributed by atoms with E-state index in [0.29, 0.717) is 5.11 Å². The largest absolute Gasteiger partial charge is 0.467 e. The Morgan fingerprint density at radius 2 is 1.92 bits per heavy atom. The van der Waals surface area contributed by atoms with Gasteiger partial charge in [-0.15, -0.1) is 0 Å². The van der Waals surface area contributed by atoms with Crippen molar-refractivity contribution in [3.63, 3.8) is 0 Å². The molecule has 1 fully saturated rings. The van der Waals surface area contributed by atoms with Crippen LogP contribution in [-0.2, 0) is 0 Å². The number of nitrogens with zero attached hydrogens (tertiary/aromatic N) is 1. The standard InChI is InChI=1S/C19H19BrN2OS/c1-11-6-12(2)8-14(7-11)22-18(24)21-16-10-19(22,3)23-17-5-4-13(20)9-15(16)17/h4-9,16H,10H2,1-3H3,(H,21,24). The highest BCUT2D eigenvalue weighted by Crippen LogP contribution is 2.46. The Labute approximate surface area is 156 Å². The summed E-state index contributed by atoms with van der Waals surface area (Å²) in [5.41, 5.74) is 4.18. The first-order valence-electron chi connectivity index (χ1n) is 8.03. The number of hydrogen-bond donors (Lipinski definition) is 1. The zero-order valence-electron chi connectivity index (χ0n) is 13.9. The third-order valence-electron chi connectivity index (χ3n) is 4.70. The van der Waals surface area contributed by atoms with E-state index >= 15 is 0 Å². The van der Waals surface area contributed by atoms with Gasteiger partial charge in [-0.05, 0) is 74.4 Å². The van der Waals surface area contributed by atoms with Gasteiger partial charge in [0.15, 0.2) is 10.8 Å². The van der Waals surface area contributed by atoms with Crippen molar-refractivity contribution < 1.29 is 4.74 Å². The first-order chi connectivity index (χ1) is 11.4. The van der Waals surface area contributed by atoms with Crippen LogP contribution in [0, 0.1) is 13.8 Å². The van der Waals surface area contributed by atoms with Crippen LogP contribution in [0.1, 0.15) is 36.1 Å². The maximum Gasteiger partial charge on any atom is 0.188 e. The van der Waals surface area contributed by atoms with Crippen LogP contribution in [0.25, 0.3) is 0 Å². The summed E-state index contributed by atoms with van der Waals surface area (Å²) < 4.78 is 7.49. The molecule has 5 heteroatoms. The minimum atomic E-state index is -0.492. The van der Waals surface area contributed by atoms with Gasteiger partial charge in [0.2, 0.25) is 0 Å². The third-order valence-corrected chi connectivity index (χ3v) is 5.49. The maximum atomic E-state index is 6.44. The summed E-state index contributed by atoms with van der Waals surface area (Å²) in [6, 6.07) is 12.8. The van der Waals surface area contributed by atoms with Crippen molar-refractivity contribution >= 4 is 38.9 Å². The number of aryl methyl sites for hydroxylation is 2. The Balaban J connectivity index is 1.82. The Bertz CT molecular complexity index is 833. The van der Waals surface area contributed by atoms with Gasteiger partial charge in [0.1, 0.15) is 5.75 Å². The average Bonchev–Trinajstić information content (AvgIpc) is 2.46. The predicted molar refractivity (Wildman–Crippen MR) is 105 cm³/mol. The molecule has 1 N–H and O–H groups in total. The maximum absolute atomic E-state index is 6.44. The van der Waals surface area contributed by atoms with Gasteiger partial charge in [-0.2, -0.15) is 0 Å². The number of rotatable bonds is 1. The summed E-state index contributed by atoms with van der Waals surface area (Å²) in [5.74, 6) is 0.918. The van der Waals surface area contributed by atoms with Crippen molar-refractivity contribution in [1.82, 2.24) is 5.32 Å². The summed E-state index contributed by atoms with van der Waals surface area (Å²) in [6.07, 6.45) is 0.837. The van der Waals surface area contributed by atoms with Crippen LogP contribution in [-0.4, -0.2) is 10.8 Å². The van der Waals surface area contributed by atoms with Gasteiger partial charge >= 0.3 is 0 Å². The van der Waals surface area contributed by atoms with Crippen LogP contribution in [0.5, 0.6) is 5.75 Å². The van der Waals surface area contributed by atoms with Gasteiger partial charge in [-0.1, -0.05) is 22.0 Å². The lowest BCUT2D eigenvalue weighted by Gasteiger charge is -2.52. The number of hydrogen-bond acceptors (Lipinski definition) is 2. The van der Waals surface area contributed by atoms with Crippen molar-refractivity contribution in [3.05, 3.63) is 57.6 Å². The van der Waals surface area contributed by atoms with Crippen LogP contribution >= 0.6 is 28.1 Å². The van der Waals surface area contributed by atoms with E-state index in [0.717, 1.165) is 27.9 Å². The van der Waals surface area contributed by atoms with E-state index in [2.05, 4.69) is 71.2 Å². The SMILES string of the molecule is Cc1cc(C)cc(N2C(=S)NC3CC2(C)Oc2ccc(Br)cc23)c1. The average molecular weight is 403 g/mol. The highest BCUT2D eigenvalue weighted by molar-refractivity contribution is 9.10. The molecule has 0 aliphatic carbocycles. The number of benzene rings is 2. The van der Waals surface area contributed by atoms with E-state index in [1.807, 2.05) is 12.1 Å². The van der Waals surface area contributed by atoms with Gasteiger partial charge < -0.3 is 10.1 Å². The minimum absolute atomic E-state index is 0.172. The van der Waals surface area contributed by atoms with Gasteiger partial charge in [0, 0.05) is 22.1 Å². The molecule has 2 aromatic carbocycles. The van der Waals surface area contributed by atoms with Crippen LogP contribution in [0.4, 0.5) is 5.69 Å². The molecule has 0 radical (unpaired) electrons. The van der Waals surface area contributed by atoms with Crippen molar-refractivity contribution in [2.45, 2.75) is 39.0 Å². The number of thiocarbonyl (C=S) groups is 1. The molecule has 24 heavy (non-hydrogen) atoms. The van der Waals surface area contributed by atoms with E-state index in [1.54, 1.807) is 0 Å². The summed E-state index contributed by atoms with van der Waals surface area (Å²) in [5, 5.41) is 4.21. The van der Waals surface area contributed by atoms with Crippen LogP contribution in [0.15, 0.2) is 40.9 Å². The topological polar surface area (TPSA) is 24.5 Å². The normalized spacial score (nSPS) is 24.9. The molecule has 2 aliphatic rings. The van der Waals surface area contributed by atoms with Crippen molar-refractivity contribution in [3.8, 4) is 5.75 Å². The molecular weight excluding hydrogens is 384 g/mol. The number of halogens is 1. The first-order valence-corrected chi connectivity index (χ1v) is 9.23. The van der Waals surface area contributed by atoms with E-state index in [1.165, 1.54) is 11.1 Å². The fraction of sp³-hybridized carbons (Fsp3) is 0.316. The first kappa shape index (κ1) is 15.9. The van der Waals surface area contributed by atoms with Gasteiger partial charge in [0.25, 0.3) is 0 Å². The number of ether oxygens (including phenoxy) is 1. The molecule has 124 valence electrons. The van der Waals surface area contributed by atoms with E-state index in [4.69, 9.17) is 17.0 Å². The molecule has 1 saturated heterocycles. The minimum Gasteiger partial charge on any atom is -0.467 e. The number of anilines is 1. The second-order valence-corrected chi connectivity index (χ2v) is 8.15. The molecular formula is C19H19BrN2OS. The van der Waals surface area contributed by atoms with Gasteiger partial charge in [0.05, 0.1) is 6.04 Å². The molecule has 2 aliphatic heterocycles. The second kappa shape index (κ2) is 5.46. The summed E-state index contributed by atoms with van der Waals surface area (Å²) in [6.45, 7) is 6.34. The van der Waals surface area contributed by atoms with Crippen molar-refractivity contribution in [2.75, 3.05) is 4.90 Å². The number of nitrogens with one attached hydrogen (secondary N) is 1. The monoisotopic (exact) mass is 402 g/mol. The van der Waals surface area contributed by atoms with Gasteiger partial charge in [-0.25, -0.2) is 0 Å². The van der Waals surface area contributed by atoms with Crippen molar-refractivity contribution in [1.29, 1.82) is 0 Å². The summed E-state index contributed by atoms with van der Waals surface area (Å²) >= 11 is 9.25. The Morgan fingerprint density at radius 1 is 1.21 bits per heavy atom. The van der Waals surface area contributed by atoms with E-state index < -0.39 is 5.72 Å². The molecule has 3 nitrogen and oxygen atoms in total. The Hall–Kier alpha value is -1.59. The molecule has 2 unspecified atom stereocenters. The predicted octanol–water partition coefficient (Wildman–Crippen LogP) is 5.00. The van der Waals surface area contributed by atoms with Gasteiger partial charge in [-0.3, -0.25) is 4.90 Å². The fourth-order valence-electron chi connectivity index (χ4n) is 3.82. The zero-order valence-corrected chi connectivity index (χ0v) is 16.3. The highest BCUT2D eigenvalue weighted by atomic mass is 79.9. The van der Waals surface area contributed by atoms with Crippen LogP contribution < -0.4 is 15.0 Å². The molecule has 4 rings (SSSR count). The van der Waals surface area contributed by atoms with Crippen molar-refractivity contribution in [2.24, 2.45) is 0 Å². The molecule has 0 saturated carbocycles. The summed E-state index contributed by atoms with van der Waals surface area (Å²) in [4.78, 5) is 2.11. The fourth-order valence-corrected chi connectivity index (χ4v) is 4.64. The van der Waals surface area contributed by atoms with E-state index in [9.17, 15) is 0 Å². The lowest BCUT2D eigenvalue weighted by Crippen LogP contribution is -2.65. The Kier molecular flexibility index (Phi) is 3.62. The lowest BCUT2D eigenvalue weighted by molar-refractivity contribution is 0.0497. The molecule has 0 spiro atoms.